The van der Waals surface area contributed by atoms with E-state index in [4.69, 9.17) is 32.8 Å². The van der Waals surface area contributed by atoms with E-state index in [1.54, 1.807) is 19.2 Å². The molecule has 0 bridgehead atoms. The Morgan fingerprint density at radius 3 is 2.52 bits per heavy atom. The molecule has 42 heavy (non-hydrogen) atoms. The molecule has 4 aromatic rings. The van der Waals surface area contributed by atoms with Crippen LogP contribution >= 0.6 is 23.4 Å². The number of methoxy groups -OCH3 is 1. The van der Waals surface area contributed by atoms with Crippen LogP contribution in [-0.4, -0.2) is 29.2 Å². The van der Waals surface area contributed by atoms with Gasteiger partial charge in [-0.15, -0.1) is 0 Å². The van der Waals surface area contributed by atoms with Crippen LogP contribution in [0, 0.1) is 17.5 Å². The summed E-state index contributed by atoms with van der Waals surface area (Å²) in [7, 11) is 1.58. The van der Waals surface area contributed by atoms with Crippen molar-refractivity contribution in [1.82, 2.24) is 9.55 Å². The average Bonchev–Trinajstić information content (AvgIpc) is 3.34. The minimum absolute atomic E-state index is 0.0142. The summed E-state index contributed by atoms with van der Waals surface area (Å²) < 4.78 is 51.6. The normalized spacial score (nSPS) is 14.5. The zero-order chi connectivity index (χ0) is 29.8. The van der Waals surface area contributed by atoms with Crippen LogP contribution in [0.25, 0.3) is 5.69 Å². The Morgan fingerprint density at radius 2 is 1.83 bits per heavy atom. The molecule has 1 aliphatic carbocycles. The van der Waals surface area contributed by atoms with Gasteiger partial charge in [0.25, 0.3) is 0 Å². The lowest BCUT2D eigenvalue weighted by Gasteiger charge is -2.26. The summed E-state index contributed by atoms with van der Waals surface area (Å²) in [6, 6.07) is 14.6. The molecular weight excluding hydrogens is 583 g/mol. The minimum atomic E-state index is -0.616. The van der Waals surface area contributed by atoms with Crippen molar-refractivity contribution in [3.05, 3.63) is 105 Å². The van der Waals surface area contributed by atoms with E-state index in [1.807, 2.05) is 22.8 Å². The van der Waals surface area contributed by atoms with Crippen molar-refractivity contribution >= 4 is 29.3 Å². The average molecular weight is 614 g/mol. The highest BCUT2D eigenvalue weighted by Crippen LogP contribution is 2.42. The van der Waals surface area contributed by atoms with E-state index in [1.165, 1.54) is 36.0 Å². The third kappa shape index (κ3) is 6.55. The zero-order valence-corrected chi connectivity index (χ0v) is 24.6. The summed E-state index contributed by atoms with van der Waals surface area (Å²) >= 11 is 7.55. The van der Waals surface area contributed by atoms with Crippen molar-refractivity contribution in [2.45, 2.75) is 48.9 Å². The van der Waals surface area contributed by atoms with E-state index in [9.17, 15) is 4.39 Å². The number of aryl methyl sites for hydroxylation is 2. The first-order chi connectivity index (χ1) is 20.2. The Morgan fingerprint density at radius 1 is 1.10 bits per heavy atom. The van der Waals surface area contributed by atoms with E-state index in [2.05, 4.69) is 4.99 Å². The van der Waals surface area contributed by atoms with Gasteiger partial charge in [-0.2, -0.15) is 0 Å². The molecule has 1 atom stereocenters. The van der Waals surface area contributed by atoms with Gasteiger partial charge in [0, 0.05) is 29.5 Å². The number of imidazole rings is 1. The van der Waals surface area contributed by atoms with Gasteiger partial charge in [0.1, 0.15) is 23.2 Å². The molecule has 11 heteroatoms. The summed E-state index contributed by atoms with van der Waals surface area (Å²) in [5.41, 5.74) is 14.8. The number of nitrogens with two attached hydrogens (primary N) is 2. The fourth-order valence-corrected chi connectivity index (χ4v) is 6.58. The zero-order valence-electron chi connectivity index (χ0n) is 23.0. The quantitative estimate of drug-likeness (QED) is 0.0877. The smallest absolute Gasteiger partial charge is 0.185 e. The number of benzene rings is 3. The number of thioether (sulfide) groups is 1. The van der Waals surface area contributed by atoms with Crippen LogP contribution in [0.3, 0.4) is 0 Å². The lowest BCUT2D eigenvalue weighted by molar-refractivity contribution is 0.414. The van der Waals surface area contributed by atoms with Crippen molar-refractivity contribution in [1.29, 1.82) is 0 Å². The lowest BCUT2D eigenvalue weighted by atomic mass is 9.84. The first-order valence-electron chi connectivity index (χ1n) is 13.6. The van der Waals surface area contributed by atoms with Gasteiger partial charge in [-0.25, -0.2) is 18.2 Å². The third-order valence-electron chi connectivity index (χ3n) is 7.32. The molecule has 0 saturated carbocycles. The molecule has 1 aliphatic rings. The Hall–Kier alpha value is -3.63. The summed E-state index contributed by atoms with van der Waals surface area (Å²) in [4.78, 5) is 8.85. The highest BCUT2D eigenvalue weighted by molar-refractivity contribution is 7.98. The molecule has 220 valence electrons. The van der Waals surface area contributed by atoms with Gasteiger partial charge in [-0.05, 0) is 91.8 Å². The maximum Gasteiger partial charge on any atom is 0.185 e. The summed E-state index contributed by atoms with van der Waals surface area (Å²) in [6.45, 7) is 0.379. The Balaban J connectivity index is 1.48. The van der Waals surface area contributed by atoms with Gasteiger partial charge in [0.2, 0.25) is 0 Å². The van der Waals surface area contributed by atoms with Gasteiger partial charge in [-0.1, -0.05) is 29.4 Å². The predicted molar refractivity (Wildman–Crippen MR) is 161 cm³/mol. The number of aromatic nitrogens is 2. The molecule has 3 aromatic carbocycles. The highest BCUT2D eigenvalue weighted by atomic mass is 35.5. The number of halogens is 4. The van der Waals surface area contributed by atoms with Crippen LogP contribution in [0.1, 0.15) is 53.3 Å². The van der Waals surface area contributed by atoms with Gasteiger partial charge in [0.05, 0.1) is 23.5 Å². The number of ether oxygens (including phenoxy) is 1. The maximum atomic E-state index is 15.1. The fourth-order valence-electron chi connectivity index (χ4n) is 5.33. The van der Waals surface area contributed by atoms with Crippen LogP contribution < -0.4 is 16.2 Å². The number of guanidine groups is 1. The van der Waals surface area contributed by atoms with Gasteiger partial charge >= 0.3 is 0 Å². The number of fused-ring (bicyclic) bond motifs is 1. The Bertz CT molecular complexity index is 1580. The molecule has 6 nitrogen and oxygen atoms in total. The van der Waals surface area contributed by atoms with Crippen molar-refractivity contribution in [3.63, 3.8) is 0 Å². The van der Waals surface area contributed by atoms with Gasteiger partial charge in [0.15, 0.2) is 11.1 Å². The van der Waals surface area contributed by atoms with E-state index >= 15 is 8.78 Å². The molecular formula is C31H31ClF3N5OS. The van der Waals surface area contributed by atoms with E-state index in [0.29, 0.717) is 40.9 Å². The maximum absolute atomic E-state index is 15.1. The van der Waals surface area contributed by atoms with E-state index in [0.717, 1.165) is 41.9 Å². The van der Waals surface area contributed by atoms with Crippen LogP contribution in [0.4, 0.5) is 13.2 Å². The van der Waals surface area contributed by atoms with Gasteiger partial charge < -0.3 is 16.2 Å². The number of hydrogen-bond donors (Lipinski definition) is 2. The van der Waals surface area contributed by atoms with Crippen molar-refractivity contribution in [2.24, 2.45) is 16.5 Å². The monoisotopic (exact) mass is 613 g/mol. The molecule has 5 rings (SSSR count). The standard InChI is InChI=1S/C31H31ClF3N5OS/c1-41-28-16-19(7-12-24(28)32)22-5-2-6-27-29(22)40(21-10-8-20(33)9-11-21)31(39-27)42-17-23-25(34)14-18(15-26(23)35)4-3-13-38-30(36)37/h7-12,14-16,22H,2-6,13,17H2,1H3,(H4,36,37,38). The summed E-state index contributed by atoms with van der Waals surface area (Å²) in [5, 5.41) is 1.10. The van der Waals surface area contributed by atoms with Gasteiger partial charge in [-0.3, -0.25) is 9.56 Å². The van der Waals surface area contributed by atoms with Crippen LogP contribution in [-0.2, 0) is 18.6 Å². The molecule has 1 unspecified atom stereocenters. The number of aliphatic imine (C=N–C) groups is 1. The Labute approximate surface area is 251 Å². The largest absolute Gasteiger partial charge is 0.495 e. The summed E-state index contributed by atoms with van der Waals surface area (Å²) in [6.07, 6.45) is 3.54. The molecule has 0 aliphatic heterocycles. The molecule has 0 fully saturated rings. The molecule has 0 saturated heterocycles. The van der Waals surface area contributed by atoms with Crippen LogP contribution in [0.2, 0.25) is 5.02 Å². The van der Waals surface area contributed by atoms with E-state index < -0.39 is 11.6 Å². The first kappa shape index (κ1) is 29.8. The second-order valence-corrected chi connectivity index (χ2v) is 11.5. The molecule has 0 spiro atoms. The lowest BCUT2D eigenvalue weighted by Crippen LogP contribution is -2.23. The number of nitrogens with zero attached hydrogens (tertiary/aromatic N) is 3. The second-order valence-electron chi connectivity index (χ2n) is 10.1. The highest BCUT2D eigenvalue weighted by Gasteiger charge is 2.31. The third-order valence-corrected chi connectivity index (χ3v) is 8.60. The first-order valence-corrected chi connectivity index (χ1v) is 15.0. The minimum Gasteiger partial charge on any atom is -0.495 e. The predicted octanol–water partition coefficient (Wildman–Crippen LogP) is 6.92. The fraction of sp³-hybridized carbons (Fsp3) is 0.290. The number of hydrogen-bond acceptors (Lipinski definition) is 4. The Kier molecular flexibility index (Phi) is 9.33. The molecule has 1 aromatic heterocycles. The van der Waals surface area contributed by atoms with Crippen molar-refractivity contribution in [2.75, 3.05) is 13.7 Å². The van der Waals surface area contributed by atoms with Crippen molar-refractivity contribution < 1.29 is 17.9 Å². The second kappa shape index (κ2) is 13.1. The molecule has 4 N–H and O–H groups in total. The topological polar surface area (TPSA) is 91.4 Å². The van der Waals surface area contributed by atoms with Crippen molar-refractivity contribution in [3.8, 4) is 11.4 Å². The number of rotatable bonds is 10. The molecule has 0 radical (unpaired) electrons. The van der Waals surface area contributed by atoms with Crippen LogP contribution in [0.15, 0.2) is 64.7 Å². The SMILES string of the molecule is COc1cc(C2CCCc3nc(SCc4c(F)cc(CCCN=C(N)N)cc4F)n(-c4ccc(F)cc4)c32)ccc1Cl. The summed E-state index contributed by atoms with van der Waals surface area (Å²) in [5.74, 6) is -1.02. The van der Waals surface area contributed by atoms with E-state index in [-0.39, 0.29) is 29.0 Å². The molecule has 1 heterocycles. The van der Waals surface area contributed by atoms with Crippen LogP contribution in [0.5, 0.6) is 5.75 Å². The molecule has 0 amide bonds.